The molecule has 1 aromatic rings. The molecule has 2 N–H and O–H groups in total. The Labute approximate surface area is 83.5 Å². The van der Waals surface area contributed by atoms with Crippen molar-refractivity contribution >= 4 is 17.4 Å². The number of ether oxygens (including phenoxy) is 1. The summed E-state index contributed by atoms with van der Waals surface area (Å²) in [6.45, 7) is 4.76. The van der Waals surface area contributed by atoms with Gasteiger partial charge in [-0.25, -0.2) is 0 Å². The van der Waals surface area contributed by atoms with Crippen LogP contribution in [0, 0.1) is 0 Å². The van der Waals surface area contributed by atoms with Crippen LogP contribution in [-0.2, 0) is 0 Å². The lowest BCUT2D eigenvalue weighted by Gasteiger charge is -2.07. The van der Waals surface area contributed by atoms with Crippen LogP contribution in [0.25, 0.3) is 0 Å². The molecule has 0 aliphatic rings. The summed E-state index contributed by atoms with van der Waals surface area (Å²) < 4.78 is 5.33. The zero-order valence-electron chi connectivity index (χ0n) is 8.04. The van der Waals surface area contributed by atoms with Gasteiger partial charge in [-0.2, -0.15) is 0 Å². The number of thioether (sulfide) groups is 1. The van der Waals surface area contributed by atoms with Crippen molar-refractivity contribution in [2.75, 3.05) is 18.1 Å². The maximum absolute atomic E-state index is 5.84. The van der Waals surface area contributed by atoms with Gasteiger partial charge in [0.1, 0.15) is 5.75 Å². The van der Waals surface area contributed by atoms with Crippen molar-refractivity contribution in [1.82, 2.24) is 0 Å². The Kier molecular flexibility index (Phi) is 3.96. The van der Waals surface area contributed by atoms with E-state index in [1.807, 2.05) is 25.1 Å². The Balaban J connectivity index is 2.79. The molecule has 72 valence electrons. The summed E-state index contributed by atoms with van der Waals surface area (Å²) in [6.07, 6.45) is 0. The molecule has 0 amide bonds. The van der Waals surface area contributed by atoms with E-state index in [1.54, 1.807) is 11.8 Å². The Bertz CT molecular complexity index is 276. The minimum Gasteiger partial charge on any atom is -0.494 e. The molecule has 13 heavy (non-hydrogen) atoms. The molecule has 0 aromatic heterocycles. The van der Waals surface area contributed by atoms with Crippen LogP contribution in [0.4, 0.5) is 5.69 Å². The maximum atomic E-state index is 5.84. The van der Waals surface area contributed by atoms with Gasteiger partial charge in [-0.15, -0.1) is 11.8 Å². The number of anilines is 1. The predicted octanol–water partition coefficient (Wildman–Crippen LogP) is 2.78. The Morgan fingerprint density at radius 2 is 2.15 bits per heavy atom. The highest BCUT2D eigenvalue weighted by molar-refractivity contribution is 7.99. The highest BCUT2D eigenvalue weighted by Crippen LogP contribution is 2.28. The summed E-state index contributed by atoms with van der Waals surface area (Å²) in [4.78, 5) is 1.13. The molecular weight excluding hydrogens is 182 g/mol. The minimum atomic E-state index is 0.680. The molecule has 0 saturated carbocycles. The molecule has 0 fully saturated rings. The van der Waals surface area contributed by atoms with Crippen LogP contribution in [-0.4, -0.2) is 12.4 Å². The summed E-state index contributed by atoms with van der Waals surface area (Å²) in [5, 5.41) is 0. The van der Waals surface area contributed by atoms with E-state index in [0.29, 0.717) is 6.61 Å². The van der Waals surface area contributed by atoms with Crippen LogP contribution in [0.15, 0.2) is 23.1 Å². The molecule has 3 heteroatoms. The van der Waals surface area contributed by atoms with Gasteiger partial charge in [-0.1, -0.05) is 6.92 Å². The fourth-order valence-corrected chi connectivity index (χ4v) is 1.77. The average molecular weight is 197 g/mol. The highest BCUT2D eigenvalue weighted by Gasteiger charge is 2.00. The van der Waals surface area contributed by atoms with Gasteiger partial charge in [0.15, 0.2) is 0 Å². The number of nitrogen functional groups attached to an aromatic ring is 1. The van der Waals surface area contributed by atoms with Crippen LogP contribution >= 0.6 is 11.8 Å². The first-order chi connectivity index (χ1) is 6.27. The summed E-state index contributed by atoms with van der Waals surface area (Å²) >= 11 is 1.75. The molecule has 0 aliphatic heterocycles. The fourth-order valence-electron chi connectivity index (χ4n) is 1.07. The molecule has 0 spiro atoms. The van der Waals surface area contributed by atoms with Gasteiger partial charge in [0.2, 0.25) is 0 Å². The summed E-state index contributed by atoms with van der Waals surface area (Å²) in [5.41, 5.74) is 6.64. The third-order valence-corrected chi connectivity index (χ3v) is 2.56. The number of hydrogen-bond acceptors (Lipinski definition) is 3. The quantitative estimate of drug-likeness (QED) is 0.595. The monoisotopic (exact) mass is 197 g/mol. The van der Waals surface area contributed by atoms with E-state index >= 15 is 0 Å². The van der Waals surface area contributed by atoms with Crippen molar-refractivity contribution in [1.29, 1.82) is 0 Å². The molecule has 1 rings (SSSR count). The standard InChI is InChI=1S/C10H15NOS/c1-3-12-8-5-6-10(13-4-2)9(11)7-8/h5-7H,3-4,11H2,1-2H3. The molecule has 0 atom stereocenters. The Morgan fingerprint density at radius 3 is 2.69 bits per heavy atom. The predicted molar refractivity (Wildman–Crippen MR) is 58.4 cm³/mol. The Morgan fingerprint density at radius 1 is 1.38 bits per heavy atom. The first-order valence-corrected chi connectivity index (χ1v) is 5.41. The summed E-state index contributed by atoms with van der Waals surface area (Å²) in [5.74, 6) is 1.89. The second-order valence-electron chi connectivity index (χ2n) is 2.57. The van der Waals surface area contributed by atoms with Crippen LogP contribution in [0.5, 0.6) is 5.75 Å². The Hall–Kier alpha value is -0.830. The number of benzene rings is 1. The average Bonchev–Trinajstić information content (AvgIpc) is 2.10. The van der Waals surface area contributed by atoms with Crippen LogP contribution in [0.1, 0.15) is 13.8 Å². The SMILES string of the molecule is CCOc1ccc(SCC)c(N)c1. The fraction of sp³-hybridized carbons (Fsp3) is 0.400. The highest BCUT2D eigenvalue weighted by atomic mass is 32.2. The molecule has 0 saturated heterocycles. The van der Waals surface area contributed by atoms with E-state index in [2.05, 4.69) is 6.92 Å². The zero-order chi connectivity index (χ0) is 9.68. The number of hydrogen-bond donors (Lipinski definition) is 1. The molecule has 2 nitrogen and oxygen atoms in total. The van der Waals surface area contributed by atoms with Gasteiger partial charge in [-0.3, -0.25) is 0 Å². The minimum absolute atomic E-state index is 0.680. The molecule has 0 unspecified atom stereocenters. The lowest BCUT2D eigenvalue weighted by Crippen LogP contribution is -1.94. The van der Waals surface area contributed by atoms with E-state index in [4.69, 9.17) is 10.5 Å². The number of nitrogens with two attached hydrogens (primary N) is 1. The van der Waals surface area contributed by atoms with E-state index in [9.17, 15) is 0 Å². The van der Waals surface area contributed by atoms with Crippen molar-refractivity contribution in [3.8, 4) is 5.75 Å². The van der Waals surface area contributed by atoms with E-state index in [1.165, 1.54) is 0 Å². The lowest BCUT2D eigenvalue weighted by molar-refractivity contribution is 0.340. The van der Waals surface area contributed by atoms with Crippen LogP contribution in [0.3, 0.4) is 0 Å². The van der Waals surface area contributed by atoms with Gasteiger partial charge in [0.05, 0.1) is 6.61 Å². The summed E-state index contributed by atoms with van der Waals surface area (Å²) in [7, 11) is 0. The van der Waals surface area contributed by atoms with Gasteiger partial charge < -0.3 is 10.5 Å². The largest absolute Gasteiger partial charge is 0.494 e. The smallest absolute Gasteiger partial charge is 0.121 e. The molecule has 0 bridgehead atoms. The van der Waals surface area contributed by atoms with Crippen molar-refractivity contribution in [2.24, 2.45) is 0 Å². The molecule has 1 aromatic carbocycles. The molecule has 0 radical (unpaired) electrons. The van der Waals surface area contributed by atoms with E-state index in [0.717, 1.165) is 22.1 Å². The third-order valence-electron chi connectivity index (χ3n) is 1.59. The lowest BCUT2D eigenvalue weighted by atomic mass is 10.3. The second kappa shape index (κ2) is 5.02. The second-order valence-corrected chi connectivity index (χ2v) is 3.87. The number of rotatable bonds is 4. The van der Waals surface area contributed by atoms with Crippen LogP contribution < -0.4 is 10.5 Å². The van der Waals surface area contributed by atoms with E-state index in [-0.39, 0.29) is 0 Å². The van der Waals surface area contributed by atoms with Crippen molar-refractivity contribution in [3.63, 3.8) is 0 Å². The third kappa shape index (κ3) is 2.84. The van der Waals surface area contributed by atoms with Crippen molar-refractivity contribution < 1.29 is 4.74 Å². The normalized spacial score (nSPS) is 10.0. The maximum Gasteiger partial charge on any atom is 0.121 e. The molecule has 0 heterocycles. The first-order valence-electron chi connectivity index (χ1n) is 4.43. The zero-order valence-corrected chi connectivity index (χ0v) is 8.86. The van der Waals surface area contributed by atoms with Crippen molar-refractivity contribution in [3.05, 3.63) is 18.2 Å². The van der Waals surface area contributed by atoms with E-state index < -0.39 is 0 Å². The molecule has 0 aliphatic carbocycles. The van der Waals surface area contributed by atoms with Gasteiger partial charge in [0.25, 0.3) is 0 Å². The molecular formula is C10H15NOS. The first kappa shape index (κ1) is 10.3. The van der Waals surface area contributed by atoms with Gasteiger partial charge in [0, 0.05) is 16.6 Å². The van der Waals surface area contributed by atoms with Crippen molar-refractivity contribution in [2.45, 2.75) is 18.7 Å². The topological polar surface area (TPSA) is 35.2 Å². The van der Waals surface area contributed by atoms with Gasteiger partial charge in [-0.05, 0) is 24.8 Å². The van der Waals surface area contributed by atoms with Crippen LogP contribution in [0.2, 0.25) is 0 Å². The summed E-state index contributed by atoms with van der Waals surface area (Å²) in [6, 6.07) is 5.84. The van der Waals surface area contributed by atoms with Gasteiger partial charge >= 0.3 is 0 Å².